The monoisotopic (exact) mass is 357 g/mol. The van der Waals surface area contributed by atoms with Crippen LogP contribution in [-0.2, 0) is 9.53 Å². The third-order valence-corrected chi connectivity index (χ3v) is 4.25. The van der Waals surface area contributed by atoms with Crippen LogP contribution < -0.4 is 0 Å². The predicted octanol–water partition coefficient (Wildman–Crippen LogP) is 3.57. The number of carbonyl (C=O) groups excluding carboxylic acids is 3. The van der Waals surface area contributed by atoms with Gasteiger partial charge in [-0.05, 0) is 31.4 Å². The molecule has 1 aliphatic heterocycles. The van der Waals surface area contributed by atoms with E-state index in [1.807, 2.05) is 13.8 Å². The van der Waals surface area contributed by atoms with Crippen LogP contribution in [0.25, 0.3) is 0 Å². The van der Waals surface area contributed by atoms with E-state index in [0.717, 1.165) is 4.90 Å². The molecular formula is C16H17Cl2NO4. The summed E-state index contributed by atoms with van der Waals surface area (Å²) in [6.45, 7) is 5.65. The number of hydrogen-bond acceptors (Lipinski definition) is 4. The van der Waals surface area contributed by atoms with Crippen molar-refractivity contribution >= 4 is 41.0 Å². The number of carbonyl (C=O) groups is 3. The fraction of sp³-hybridized carbons (Fsp3) is 0.438. The highest BCUT2D eigenvalue weighted by Gasteiger charge is 2.44. The number of benzene rings is 1. The number of amides is 2. The Balaban J connectivity index is 2.43. The van der Waals surface area contributed by atoms with E-state index < -0.39 is 23.8 Å². The molecule has 0 aromatic heterocycles. The van der Waals surface area contributed by atoms with E-state index in [9.17, 15) is 14.4 Å². The van der Waals surface area contributed by atoms with Crippen LogP contribution in [0.1, 0.15) is 47.9 Å². The van der Waals surface area contributed by atoms with Gasteiger partial charge in [0, 0.05) is 0 Å². The molecule has 0 spiro atoms. The third-order valence-electron chi connectivity index (χ3n) is 3.52. The summed E-state index contributed by atoms with van der Waals surface area (Å²) in [6, 6.07) is 1.76. The Morgan fingerprint density at radius 3 is 2.00 bits per heavy atom. The number of nitrogens with zero attached hydrogens (tertiary/aromatic N) is 1. The van der Waals surface area contributed by atoms with Crippen molar-refractivity contribution in [3.8, 4) is 0 Å². The van der Waals surface area contributed by atoms with Crippen molar-refractivity contribution < 1.29 is 19.1 Å². The van der Waals surface area contributed by atoms with Crippen LogP contribution in [0.2, 0.25) is 10.0 Å². The number of imide groups is 1. The first-order valence-corrected chi connectivity index (χ1v) is 8.07. The molecule has 0 radical (unpaired) electrons. The zero-order valence-electron chi connectivity index (χ0n) is 13.1. The van der Waals surface area contributed by atoms with Gasteiger partial charge in [-0.15, -0.1) is 0 Å². The highest BCUT2D eigenvalue weighted by molar-refractivity contribution is 6.43. The van der Waals surface area contributed by atoms with Gasteiger partial charge in [-0.2, -0.15) is 0 Å². The highest BCUT2D eigenvalue weighted by Crippen LogP contribution is 2.33. The Bertz CT molecular complexity index is 631. The van der Waals surface area contributed by atoms with E-state index >= 15 is 0 Å². The van der Waals surface area contributed by atoms with Crippen LogP contribution in [0.15, 0.2) is 12.1 Å². The molecular weight excluding hydrogens is 341 g/mol. The number of hydrogen-bond donors (Lipinski definition) is 0. The molecule has 5 nitrogen and oxygen atoms in total. The zero-order valence-corrected chi connectivity index (χ0v) is 14.6. The Labute approximate surface area is 144 Å². The Morgan fingerprint density at radius 2 is 1.61 bits per heavy atom. The van der Waals surface area contributed by atoms with Gasteiger partial charge in [-0.3, -0.25) is 14.5 Å². The summed E-state index contributed by atoms with van der Waals surface area (Å²) in [5.74, 6) is -1.60. The Morgan fingerprint density at radius 1 is 1.13 bits per heavy atom. The average molecular weight is 358 g/mol. The SMILES string of the molecule is CCOC(=O)[C@H](CC(C)C)N1C(=O)c2cc(Cl)c(Cl)cc2C1=O. The predicted molar refractivity (Wildman–Crippen MR) is 86.8 cm³/mol. The lowest BCUT2D eigenvalue weighted by Gasteiger charge is -2.25. The maximum atomic E-state index is 12.6. The number of rotatable bonds is 5. The van der Waals surface area contributed by atoms with E-state index in [-0.39, 0.29) is 33.7 Å². The molecule has 1 aliphatic rings. The van der Waals surface area contributed by atoms with Gasteiger partial charge < -0.3 is 4.74 Å². The minimum Gasteiger partial charge on any atom is -0.464 e. The molecule has 7 heteroatoms. The zero-order chi connectivity index (χ0) is 17.3. The molecule has 0 fully saturated rings. The molecule has 0 saturated heterocycles. The van der Waals surface area contributed by atoms with Gasteiger partial charge in [0.15, 0.2) is 0 Å². The second-order valence-electron chi connectivity index (χ2n) is 5.69. The van der Waals surface area contributed by atoms with E-state index in [4.69, 9.17) is 27.9 Å². The van der Waals surface area contributed by atoms with Crippen LogP contribution in [0, 0.1) is 5.92 Å². The van der Waals surface area contributed by atoms with Gasteiger partial charge in [0.25, 0.3) is 11.8 Å². The molecule has 2 rings (SSSR count). The summed E-state index contributed by atoms with van der Waals surface area (Å²) < 4.78 is 5.02. The van der Waals surface area contributed by atoms with E-state index in [0.29, 0.717) is 6.42 Å². The van der Waals surface area contributed by atoms with Crippen molar-refractivity contribution in [3.63, 3.8) is 0 Å². The van der Waals surface area contributed by atoms with E-state index in [2.05, 4.69) is 0 Å². The van der Waals surface area contributed by atoms with Gasteiger partial charge in [0.2, 0.25) is 0 Å². The number of fused-ring (bicyclic) bond motifs is 1. The fourth-order valence-electron chi connectivity index (χ4n) is 2.53. The molecule has 0 aliphatic carbocycles. The van der Waals surface area contributed by atoms with Gasteiger partial charge in [0.05, 0.1) is 27.8 Å². The Hall–Kier alpha value is -1.59. The van der Waals surface area contributed by atoms with E-state index in [1.54, 1.807) is 6.92 Å². The van der Waals surface area contributed by atoms with Gasteiger partial charge in [-0.1, -0.05) is 37.0 Å². The molecule has 1 atom stereocenters. The minimum absolute atomic E-state index is 0.0981. The summed E-state index contributed by atoms with van der Waals surface area (Å²) in [4.78, 5) is 38.4. The highest BCUT2D eigenvalue weighted by atomic mass is 35.5. The molecule has 124 valence electrons. The number of esters is 1. The van der Waals surface area contributed by atoms with Crippen molar-refractivity contribution in [3.05, 3.63) is 33.3 Å². The first-order valence-electron chi connectivity index (χ1n) is 7.31. The molecule has 2 amide bonds. The normalized spacial score (nSPS) is 15.1. The lowest BCUT2D eigenvalue weighted by atomic mass is 10.0. The van der Waals surface area contributed by atoms with Gasteiger partial charge in [0.1, 0.15) is 6.04 Å². The summed E-state index contributed by atoms with van der Waals surface area (Å²) in [7, 11) is 0. The van der Waals surface area contributed by atoms with Crippen LogP contribution in [0.4, 0.5) is 0 Å². The lowest BCUT2D eigenvalue weighted by molar-refractivity contribution is -0.148. The standard InChI is InChI=1S/C16H17Cl2NO4/c1-4-23-16(22)13(5-8(2)3)19-14(20)9-6-11(17)12(18)7-10(9)15(19)21/h6-8,13H,4-5H2,1-3H3/t13-/m0/s1. The van der Waals surface area contributed by atoms with E-state index in [1.165, 1.54) is 12.1 Å². The third kappa shape index (κ3) is 3.35. The van der Waals surface area contributed by atoms with Crippen LogP contribution >= 0.6 is 23.2 Å². The van der Waals surface area contributed by atoms with Crippen LogP contribution in [0.3, 0.4) is 0 Å². The molecule has 1 aromatic rings. The first kappa shape index (κ1) is 17.8. The maximum absolute atomic E-state index is 12.6. The average Bonchev–Trinajstić information content (AvgIpc) is 2.69. The molecule has 23 heavy (non-hydrogen) atoms. The van der Waals surface area contributed by atoms with Crippen molar-refractivity contribution in [1.29, 1.82) is 0 Å². The topological polar surface area (TPSA) is 63.7 Å². The minimum atomic E-state index is -0.958. The molecule has 1 aromatic carbocycles. The maximum Gasteiger partial charge on any atom is 0.329 e. The number of ether oxygens (including phenoxy) is 1. The first-order chi connectivity index (χ1) is 10.8. The molecule has 0 unspecified atom stereocenters. The van der Waals surface area contributed by atoms with Crippen molar-refractivity contribution in [2.24, 2.45) is 5.92 Å². The largest absolute Gasteiger partial charge is 0.464 e. The Kier molecular flexibility index (Phi) is 5.32. The summed E-state index contributed by atoms with van der Waals surface area (Å²) in [6.07, 6.45) is 0.325. The summed E-state index contributed by atoms with van der Waals surface area (Å²) in [5.41, 5.74) is 0.310. The molecule has 1 heterocycles. The van der Waals surface area contributed by atoms with Gasteiger partial charge in [-0.25, -0.2) is 4.79 Å². The number of halogens is 2. The smallest absolute Gasteiger partial charge is 0.329 e. The van der Waals surface area contributed by atoms with Gasteiger partial charge >= 0.3 is 5.97 Å². The second-order valence-corrected chi connectivity index (χ2v) is 6.50. The molecule has 0 bridgehead atoms. The van der Waals surface area contributed by atoms with Crippen molar-refractivity contribution in [2.75, 3.05) is 6.61 Å². The summed E-state index contributed by atoms with van der Waals surface area (Å²) >= 11 is 11.8. The lowest BCUT2D eigenvalue weighted by Crippen LogP contribution is -2.46. The van der Waals surface area contributed by atoms with Crippen LogP contribution in [0.5, 0.6) is 0 Å². The van der Waals surface area contributed by atoms with Crippen LogP contribution in [-0.4, -0.2) is 35.3 Å². The second kappa shape index (κ2) is 6.89. The summed E-state index contributed by atoms with van der Waals surface area (Å²) in [5, 5.41) is 0.370. The fourth-order valence-corrected chi connectivity index (χ4v) is 2.85. The van der Waals surface area contributed by atoms with Crippen molar-refractivity contribution in [1.82, 2.24) is 4.90 Å². The molecule has 0 N–H and O–H groups in total. The van der Waals surface area contributed by atoms with Crippen molar-refractivity contribution in [2.45, 2.75) is 33.2 Å². The molecule has 0 saturated carbocycles. The quantitative estimate of drug-likeness (QED) is 0.596.